The van der Waals surface area contributed by atoms with E-state index in [1.54, 1.807) is 31.2 Å². The van der Waals surface area contributed by atoms with Crippen molar-refractivity contribution in [1.82, 2.24) is 9.71 Å². The number of thiazole rings is 1. The number of nitrogens with zero attached hydrogens (tertiary/aromatic N) is 1. The van der Waals surface area contributed by atoms with Crippen LogP contribution in [0, 0.1) is 12.7 Å². The molecule has 0 aliphatic heterocycles. The topological polar surface area (TPSA) is 88.2 Å². The molecule has 2 aromatic carbocycles. The number of aromatic nitrogens is 1. The fourth-order valence-corrected chi connectivity index (χ4v) is 4.59. The number of anilines is 1. The Bertz CT molecular complexity index is 1110. The van der Waals surface area contributed by atoms with Crippen molar-refractivity contribution in [3.05, 3.63) is 65.6 Å². The molecule has 3 aromatic rings. The van der Waals surface area contributed by atoms with Crippen LogP contribution in [0.2, 0.25) is 0 Å². The summed E-state index contributed by atoms with van der Waals surface area (Å²) in [6, 6.07) is 12.5. The number of aryl methyl sites for hydroxylation is 1. The Kier molecular flexibility index (Phi) is 5.87. The van der Waals surface area contributed by atoms with Gasteiger partial charge in [0.2, 0.25) is 15.9 Å². The smallest absolute Gasteiger partial charge is 0.240 e. The van der Waals surface area contributed by atoms with E-state index in [1.165, 1.54) is 42.5 Å². The summed E-state index contributed by atoms with van der Waals surface area (Å²) in [6.45, 7) is 3.00. The van der Waals surface area contributed by atoms with Gasteiger partial charge in [0.15, 0.2) is 5.13 Å². The van der Waals surface area contributed by atoms with Gasteiger partial charge in [0.05, 0.1) is 15.5 Å². The van der Waals surface area contributed by atoms with Crippen LogP contribution >= 0.6 is 11.3 Å². The molecule has 0 saturated carbocycles. The summed E-state index contributed by atoms with van der Waals surface area (Å²) in [5.41, 5.74) is 1.51. The van der Waals surface area contributed by atoms with Gasteiger partial charge in [0, 0.05) is 19.0 Å². The van der Waals surface area contributed by atoms with E-state index in [2.05, 4.69) is 15.0 Å². The van der Waals surface area contributed by atoms with Gasteiger partial charge < -0.3 is 5.32 Å². The third-order valence-corrected chi connectivity index (χ3v) is 6.44. The van der Waals surface area contributed by atoms with Gasteiger partial charge in [-0.15, -0.1) is 0 Å². The number of halogens is 1. The number of nitrogens with one attached hydrogen (secondary N) is 2. The molecule has 0 radical (unpaired) electrons. The van der Waals surface area contributed by atoms with Crippen LogP contribution in [0.15, 0.2) is 53.4 Å². The van der Waals surface area contributed by atoms with Crippen LogP contribution in [-0.2, 0) is 21.4 Å². The van der Waals surface area contributed by atoms with E-state index in [9.17, 15) is 17.6 Å². The number of carbonyl (C=O) groups excluding carboxylic acids is 1. The van der Waals surface area contributed by atoms with Crippen LogP contribution in [0.4, 0.5) is 9.52 Å². The van der Waals surface area contributed by atoms with Gasteiger partial charge in [-0.2, -0.15) is 0 Å². The van der Waals surface area contributed by atoms with Crippen LogP contribution < -0.4 is 10.0 Å². The minimum atomic E-state index is -3.72. The molecule has 0 bridgehead atoms. The first kappa shape index (κ1) is 20.1. The van der Waals surface area contributed by atoms with Crippen molar-refractivity contribution in [2.75, 3.05) is 5.32 Å². The fraction of sp³-hybridized carbons (Fsp3) is 0.158. The first-order valence-corrected chi connectivity index (χ1v) is 10.6. The van der Waals surface area contributed by atoms with Crippen molar-refractivity contribution in [3.63, 3.8) is 0 Å². The number of benzene rings is 2. The molecule has 9 heteroatoms. The lowest BCUT2D eigenvalue weighted by Gasteiger charge is -2.09. The molecule has 0 fully saturated rings. The number of carbonyl (C=O) groups is 1. The van der Waals surface area contributed by atoms with E-state index in [0.717, 1.165) is 4.88 Å². The minimum absolute atomic E-state index is 0.123. The normalized spacial score (nSPS) is 11.4. The molecular weight excluding hydrogens is 401 g/mol. The van der Waals surface area contributed by atoms with Gasteiger partial charge in [0.25, 0.3) is 0 Å². The molecule has 0 atom stereocenters. The average Bonchev–Trinajstić information content (AvgIpc) is 3.01. The van der Waals surface area contributed by atoms with Crippen LogP contribution in [0.1, 0.15) is 18.2 Å². The lowest BCUT2D eigenvalue weighted by molar-refractivity contribution is -0.114. The van der Waals surface area contributed by atoms with Gasteiger partial charge in [-0.1, -0.05) is 41.7 Å². The second-order valence-corrected chi connectivity index (χ2v) is 8.82. The van der Waals surface area contributed by atoms with E-state index in [-0.39, 0.29) is 22.9 Å². The predicted octanol–water partition coefficient (Wildman–Crippen LogP) is 3.69. The average molecular weight is 420 g/mol. The lowest BCUT2D eigenvalue weighted by atomic mass is 10.1. The zero-order valence-corrected chi connectivity index (χ0v) is 16.8. The van der Waals surface area contributed by atoms with Crippen molar-refractivity contribution < 1.29 is 17.6 Å². The summed E-state index contributed by atoms with van der Waals surface area (Å²) in [7, 11) is -3.72. The van der Waals surface area contributed by atoms with Crippen LogP contribution in [-0.4, -0.2) is 19.3 Å². The monoisotopic (exact) mass is 419 g/mol. The highest BCUT2D eigenvalue weighted by molar-refractivity contribution is 7.89. The summed E-state index contributed by atoms with van der Waals surface area (Å²) in [5.74, 6) is -0.755. The van der Waals surface area contributed by atoms with E-state index in [1.807, 2.05) is 0 Å². The third-order valence-electron chi connectivity index (χ3n) is 3.90. The quantitative estimate of drug-likeness (QED) is 0.638. The Morgan fingerprint density at radius 1 is 1.18 bits per heavy atom. The number of amides is 1. The van der Waals surface area contributed by atoms with E-state index in [0.29, 0.717) is 16.4 Å². The molecule has 3 rings (SSSR count). The third kappa shape index (κ3) is 4.61. The highest BCUT2D eigenvalue weighted by Crippen LogP contribution is 2.33. The Hall–Kier alpha value is -2.62. The maximum Gasteiger partial charge on any atom is 0.240 e. The highest BCUT2D eigenvalue weighted by atomic mass is 32.2. The maximum atomic E-state index is 14.5. The Morgan fingerprint density at radius 3 is 2.54 bits per heavy atom. The number of sulfonamides is 1. The highest BCUT2D eigenvalue weighted by Gasteiger charge is 2.16. The van der Waals surface area contributed by atoms with Crippen molar-refractivity contribution in [2.24, 2.45) is 0 Å². The van der Waals surface area contributed by atoms with E-state index >= 15 is 0 Å². The molecule has 146 valence electrons. The fourth-order valence-electron chi connectivity index (χ4n) is 2.56. The predicted molar refractivity (Wildman–Crippen MR) is 107 cm³/mol. The Balaban J connectivity index is 1.78. The standard InChI is InChI=1S/C19H18FN3O3S2/c1-12-18(27-19(22-12)23-13(2)24)14-8-9-15(17(20)10-14)11-21-28(25,26)16-6-4-3-5-7-16/h3-10,21H,11H2,1-2H3,(H,22,23,24). The molecule has 0 spiro atoms. The molecule has 1 aromatic heterocycles. The molecule has 2 N–H and O–H groups in total. The zero-order valence-electron chi connectivity index (χ0n) is 15.2. The Labute approximate surface area is 166 Å². The van der Waals surface area contributed by atoms with E-state index < -0.39 is 15.8 Å². The van der Waals surface area contributed by atoms with Gasteiger partial charge in [0.1, 0.15) is 5.82 Å². The molecule has 0 aliphatic carbocycles. The SMILES string of the molecule is CC(=O)Nc1nc(C)c(-c2ccc(CNS(=O)(=O)c3ccccc3)c(F)c2)s1. The Morgan fingerprint density at radius 2 is 1.89 bits per heavy atom. The summed E-state index contributed by atoms with van der Waals surface area (Å²) < 4.78 is 41.5. The van der Waals surface area contributed by atoms with Gasteiger partial charge >= 0.3 is 0 Å². The molecule has 1 amide bonds. The summed E-state index contributed by atoms with van der Waals surface area (Å²) in [6.07, 6.45) is 0. The first-order chi connectivity index (χ1) is 13.3. The van der Waals surface area contributed by atoms with Gasteiger partial charge in [-0.3, -0.25) is 4.79 Å². The van der Waals surface area contributed by atoms with Gasteiger partial charge in [-0.05, 0) is 30.7 Å². The van der Waals surface area contributed by atoms with Crippen LogP contribution in [0.5, 0.6) is 0 Å². The van der Waals surface area contributed by atoms with Crippen molar-refractivity contribution >= 4 is 32.4 Å². The summed E-state index contributed by atoms with van der Waals surface area (Å²) in [5, 5.41) is 3.06. The number of hydrogen-bond acceptors (Lipinski definition) is 5. The van der Waals surface area contributed by atoms with Crippen LogP contribution in [0.25, 0.3) is 10.4 Å². The molecule has 0 saturated heterocycles. The molecule has 6 nitrogen and oxygen atoms in total. The number of hydrogen-bond donors (Lipinski definition) is 2. The summed E-state index contributed by atoms with van der Waals surface area (Å²) >= 11 is 1.25. The molecule has 0 unspecified atom stereocenters. The number of rotatable bonds is 6. The second kappa shape index (κ2) is 8.17. The maximum absolute atomic E-state index is 14.5. The lowest BCUT2D eigenvalue weighted by Crippen LogP contribution is -2.23. The van der Waals surface area contributed by atoms with Gasteiger partial charge in [-0.25, -0.2) is 22.5 Å². The van der Waals surface area contributed by atoms with Crippen molar-refractivity contribution in [1.29, 1.82) is 0 Å². The van der Waals surface area contributed by atoms with Crippen molar-refractivity contribution in [3.8, 4) is 10.4 Å². The molecular formula is C19H18FN3O3S2. The molecule has 0 aliphatic rings. The largest absolute Gasteiger partial charge is 0.302 e. The zero-order chi connectivity index (χ0) is 20.3. The first-order valence-electron chi connectivity index (χ1n) is 8.35. The molecule has 28 heavy (non-hydrogen) atoms. The van der Waals surface area contributed by atoms with Crippen molar-refractivity contribution in [2.45, 2.75) is 25.3 Å². The second-order valence-electron chi connectivity index (χ2n) is 6.06. The minimum Gasteiger partial charge on any atom is -0.302 e. The van der Waals surface area contributed by atoms with Crippen LogP contribution in [0.3, 0.4) is 0 Å². The van der Waals surface area contributed by atoms with E-state index in [4.69, 9.17) is 0 Å². The summed E-state index contributed by atoms with van der Waals surface area (Å²) in [4.78, 5) is 16.3. The molecule has 1 heterocycles.